The molecule has 1 aliphatic heterocycles. The SMILES string of the molecule is CCc1nn(C)c(CC(NC)C2SCCSC2C)c1Br. The fraction of sp³-hybridized carbons (Fsp3) is 0.786. The maximum absolute atomic E-state index is 4.61. The smallest absolute Gasteiger partial charge is 0.0766 e. The molecule has 0 bridgehead atoms. The second-order valence-corrected chi connectivity index (χ2v) is 8.76. The Balaban J connectivity index is 2.15. The standard InChI is InChI=1S/C14H24BrN3S2/c1-5-10-13(15)12(18(4)17-10)8-11(16-3)14-9(2)19-6-7-20-14/h9,11,14,16H,5-8H2,1-4H3. The minimum atomic E-state index is 0.499. The van der Waals surface area contributed by atoms with Crippen LogP contribution < -0.4 is 5.32 Å². The summed E-state index contributed by atoms with van der Waals surface area (Å²) in [6.45, 7) is 4.52. The molecule has 0 radical (unpaired) electrons. The van der Waals surface area contributed by atoms with Crippen molar-refractivity contribution in [2.45, 2.75) is 43.2 Å². The Bertz CT molecular complexity index is 450. The molecule has 20 heavy (non-hydrogen) atoms. The van der Waals surface area contributed by atoms with Crippen molar-refractivity contribution >= 4 is 39.5 Å². The van der Waals surface area contributed by atoms with E-state index in [1.807, 2.05) is 4.68 Å². The van der Waals surface area contributed by atoms with Gasteiger partial charge in [0.05, 0.1) is 15.9 Å². The zero-order valence-electron chi connectivity index (χ0n) is 12.6. The van der Waals surface area contributed by atoms with E-state index in [2.05, 4.69) is 77.8 Å². The summed E-state index contributed by atoms with van der Waals surface area (Å²) in [5, 5.41) is 9.53. The van der Waals surface area contributed by atoms with Gasteiger partial charge in [-0.2, -0.15) is 28.6 Å². The lowest BCUT2D eigenvalue weighted by atomic mass is 10.1. The summed E-state index contributed by atoms with van der Waals surface area (Å²) < 4.78 is 3.24. The number of likely N-dealkylation sites (N-methyl/N-ethyl adjacent to an activating group) is 1. The van der Waals surface area contributed by atoms with Gasteiger partial charge >= 0.3 is 0 Å². The Kier molecular flexibility index (Phi) is 6.32. The Morgan fingerprint density at radius 1 is 1.45 bits per heavy atom. The van der Waals surface area contributed by atoms with Gasteiger partial charge in [-0.1, -0.05) is 13.8 Å². The van der Waals surface area contributed by atoms with Gasteiger partial charge in [-0.3, -0.25) is 4.68 Å². The summed E-state index contributed by atoms with van der Waals surface area (Å²) in [7, 11) is 4.14. The molecule has 0 aliphatic carbocycles. The third kappa shape index (κ3) is 3.57. The van der Waals surface area contributed by atoms with Crippen LogP contribution in [0.25, 0.3) is 0 Å². The van der Waals surface area contributed by atoms with E-state index in [0.29, 0.717) is 16.5 Å². The van der Waals surface area contributed by atoms with Gasteiger partial charge in [0.15, 0.2) is 0 Å². The van der Waals surface area contributed by atoms with E-state index in [1.165, 1.54) is 21.7 Å². The number of hydrogen-bond acceptors (Lipinski definition) is 4. The van der Waals surface area contributed by atoms with E-state index in [9.17, 15) is 0 Å². The Morgan fingerprint density at radius 3 is 2.70 bits per heavy atom. The molecule has 0 amide bonds. The molecule has 2 rings (SSSR count). The van der Waals surface area contributed by atoms with Crippen molar-refractivity contribution < 1.29 is 0 Å². The molecule has 6 heteroatoms. The maximum Gasteiger partial charge on any atom is 0.0766 e. The van der Waals surface area contributed by atoms with Gasteiger partial charge < -0.3 is 5.32 Å². The van der Waals surface area contributed by atoms with E-state index < -0.39 is 0 Å². The van der Waals surface area contributed by atoms with Crippen molar-refractivity contribution in [3.05, 3.63) is 15.9 Å². The number of aromatic nitrogens is 2. The number of rotatable bonds is 5. The topological polar surface area (TPSA) is 29.9 Å². The van der Waals surface area contributed by atoms with Crippen LogP contribution in [0.2, 0.25) is 0 Å². The molecule has 3 unspecified atom stereocenters. The lowest BCUT2D eigenvalue weighted by Gasteiger charge is -2.34. The van der Waals surface area contributed by atoms with Gasteiger partial charge in [0.25, 0.3) is 0 Å². The van der Waals surface area contributed by atoms with E-state index in [4.69, 9.17) is 0 Å². The Hall–Kier alpha value is 0.350. The summed E-state index contributed by atoms with van der Waals surface area (Å²) in [4.78, 5) is 0. The molecular weight excluding hydrogens is 354 g/mol. The summed E-state index contributed by atoms with van der Waals surface area (Å²) >= 11 is 7.96. The first-order valence-corrected chi connectivity index (χ1v) is 10.1. The van der Waals surface area contributed by atoms with Crippen molar-refractivity contribution in [1.29, 1.82) is 0 Å². The highest BCUT2D eigenvalue weighted by atomic mass is 79.9. The molecule has 2 heterocycles. The molecule has 1 saturated heterocycles. The van der Waals surface area contributed by atoms with Gasteiger partial charge in [-0.05, 0) is 29.4 Å². The third-order valence-corrected chi connectivity index (χ3v) is 8.09. The third-order valence-electron chi connectivity index (χ3n) is 3.92. The van der Waals surface area contributed by atoms with E-state index >= 15 is 0 Å². The van der Waals surface area contributed by atoms with Crippen molar-refractivity contribution in [3.8, 4) is 0 Å². The summed E-state index contributed by atoms with van der Waals surface area (Å²) in [5.74, 6) is 2.55. The molecule has 0 aromatic carbocycles. The van der Waals surface area contributed by atoms with Crippen LogP contribution in [0.5, 0.6) is 0 Å². The fourth-order valence-electron chi connectivity index (χ4n) is 2.72. The summed E-state index contributed by atoms with van der Waals surface area (Å²) in [5.41, 5.74) is 2.47. The van der Waals surface area contributed by atoms with E-state index in [0.717, 1.165) is 18.5 Å². The predicted molar refractivity (Wildman–Crippen MR) is 95.0 cm³/mol. The van der Waals surface area contributed by atoms with Crippen LogP contribution in [-0.4, -0.2) is 44.9 Å². The highest BCUT2D eigenvalue weighted by Crippen LogP contribution is 2.34. The lowest BCUT2D eigenvalue weighted by molar-refractivity contribution is 0.512. The van der Waals surface area contributed by atoms with Gasteiger partial charge in [0.2, 0.25) is 0 Å². The van der Waals surface area contributed by atoms with Crippen LogP contribution in [0.1, 0.15) is 25.2 Å². The lowest BCUT2D eigenvalue weighted by Crippen LogP contribution is -2.44. The number of halogens is 1. The quantitative estimate of drug-likeness (QED) is 0.853. The van der Waals surface area contributed by atoms with Crippen LogP contribution in [0.4, 0.5) is 0 Å². The van der Waals surface area contributed by atoms with Crippen molar-refractivity contribution in [2.24, 2.45) is 7.05 Å². The zero-order valence-corrected chi connectivity index (χ0v) is 15.9. The van der Waals surface area contributed by atoms with Crippen molar-refractivity contribution in [2.75, 3.05) is 18.6 Å². The van der Waals surface area contributed by atoms with Crippen LogP contribution in [0.3, 0.4) is 0 Å². The molecule has 1 aromatic heterocycles. The van der Waals surface area contributed by atoms with E-state index in [-0.39, 0.29) is 0 Å². The predicted octanol–water partition coefficient (Wildman–Crippen LogP) is 3.11. The van der Waals surface area contributed by atoms with Crippen molar-refractivity contribution in [1.82, 2.24) is 15.1 Å². The van der Waals surface area contributed by atoms with Gasteiger partial charge in [-0.25, -0.2) is 0 Å². The summed E-state index contributed by atoms with van der Waals surface area (Å²) in [6.07, 6.45) is 2.01. The number of nitrogens with zero attached hydrogens (tertiary/aromatic N) is 2. The maximum atomic E-state index is 4.61. The fourth-order valence-corrected chi connectivity index (χ4v) is 6.50. The number of thioether (sulfide) groups is 2. The van der Waals surface area contributed by atoms with Crippen LogP contribution in [0, 0.1) is 0 Å². The average Bonchev–Trinajstić information content (AvgIpc) is 2.72. The molecule has 3 nitrogen and oxygen atoms in total. The molecule has 3 atom stereocenters. The van der Waals surface area contributed by atoms with Gasteiger partial charge in [0, 0.05) is 41.5 Å². The second-order valence-electron chi connectivity index (χ2n) is 5.20. The van der Waals surface area contributed by atoms with Crippen LogP contribution in [-0.2, 0) is 19.9 Å². The number of nitrogens with one attached hydrogen (secondary N) is 1. The molecule has 1 N–H and O–H groups in total. The van der Waals surface area contributed by atoms with Gasteiger partial charge in [0.1, 0.15) is 0 Å². The first kappa shape index (κ1) is 16.7. The molecule has 1 fully saturated rings. The second kappa shape index (κ2) is 7.56. The molecule has 0 saturated carbocycles. The minimum absolute atomic E-state index is 0.499. The number of hydrogen-bond donors (Lipinski definition) is 1. The summed E-state index contributed by atoms with van der Waals surface area (Å²) in [6, 6.07) is 0.499. The molecule has 1 aromatic rings. The Labute approximate surface area is 139 Å². The first-order valence-electron chi connectivity index (χ1n) is 7.19. The van der Waals surface area contributed by atoms with E-state index in [1.54, 1.807) is 0 Å². The Morgan fingerprint density at radius 2 is 2.15 bits per heavy atom. The minimum Gasteiger partial charge on any atom is -0.315 e. The van der Waals surface area contributed by atoms with Crippen LogP contribution >= 0.6 is 39.5 Å². The molecular formula is C14H24BrN3S2. The first-order chi connectivity index (χ1) is 9.58. The zero-order chi connectivity index (χ0) is 14.7. The number of aryl methyl sites for hydroxylation is 2. The van der Waals surface area contributed by atoms with Gasteiger partial charge in [-0.15, -0.1) is 0 Å². The van der Waals surface area contributed by atoms with Crippen molar-refractivity contribution in [3.63, 3.8) is 0 Å². The molecule has 1 aliphatic rings. The highest BCUT2D eigenvalue weighted by molar-refractivity contribution is 9.10. The van der Waals surface area contributed by atoms with Crippen LogP contribution in [0.15, 0.2) is 4.47 Å². The normalized spacial score (nSPS) is 24.9. The highest BCUT2D eigenvalue weighted by Gasteiger charge is 2.31. The largest absolute Gasteiger partial charge is 0.315 e. The molecule has 0 spiro atoms. The average molecular weight is 378 g/mol. The monoisotopic (exact) mass is 377 g/mol. The molecule has 114 valence electrons.